The van der Waals surface area contributed by atoms with Crippen molar-refractivity contribution < 1.29 is 4.43 Å². The summed E-state index contributed by atoms with van der Waals surface area (Å²) in [5.74, 6) is 0. The van der Waals surface area contributed by atoms with Crippen LogP contribution in [0.15, 0.2) is 0 Å². The third-order valence-corrected chi connectivity index (χ3v) is 14.1. The lowest BCUT2D eigenvalue weighted by Gasteiger charge is -2.00. The summed E-state index contributed by atoms with van der Waals surface area (Å²) in [6.45, 7) is 5.87. The Kier molecular flexibility index (Phi) is 23.7. The van der Waals surface area contributed by atoms with E-state index in [0.717, 1.165) is 30.2 Å². The fourth-order valence-electron chi connectivity index (χ4n) is 0.904. The van der Waals surface area contributed by atoms with Gasteiger partial charge in [-0.1, -0.05) is 6.04 Å². The van der Waals surface area contributed by atoms with Gasteiger partial charge in [0.1, 0.15) is 10.5 Å². The third kappa shape index (κ3) is 23.0. The molecule has 0 bridgehead atoms. The normalized spacial score (nSPS) is 11.6. The van der Waals surface area contributed by atoms with Crippen LogP contribution in [-0.4, -0.2) is 64.1 Å². The van der Waals surface area contributed by atoms with E-state index in [-0.39, 0.29) is 0 Å². The lowest BCUT2D eigenvalue weighted by Crippen LogP contribution is -2.23. The van der Waals surface area contributed by atoms with E-state index in [1.165, 1.54) is 13.0 Å². The van der Waals surface area contributed by atoms with Crippen molar-refractivity contribution in [3.63, 3.8) is 0 Å². The Morgan fingerprint density at radius 1 is 1.43 bits per heavy atom. The van der Waals surface area contributed by atoms with Gasteiger partial charge in [-0.25, -0.2) is 0 Å². The highest BCUT2D eigenvalue weighted by Crippen LogP contribution is 1.83. The van der Waals surface area contributed by atoms with E-state index in [1.807, 2.05) is 6.92 Å². The van der Waals surface area contributed by atoms with E-state index in [1.54, 1.807) is 15.8 Å². The van der Waals surface area contributed by atoms with Crippen molar-refractivity contribution in [2.45, 2.75) is 19.4 Å². The molecule has 0 saturated carbocycles. The number of nitrogens with two attached hydrogens (primary N) is 1. The fourth-order valence-corrected chi connectivity index (χ4v) is 9.07. The summed E-state index contributed by atoms with van der Waals surface area (Å²) in [6.07, 6.45) is 1.42. The molecule has 7 heteroatoms. The molecule has 0 atom stereocenters. The van der Waals surface area contributed by atoms with Crippen LogP contribution in [0.1, 0.15) is 13.3 Å². The maximum Gasteiger partial charge on any atom is 0.145 e. The second-order valence-corrected chi connectivity index (χ2v) is 20.3. The standard InChI is InChI=1S/C5H20N2Si3.C2H8OSi/c6-2-4-7-3-1-5-9-10-8;1-2-3-4/h7H,1-6,9-10H2,8H3;2H2,1,4H3. The van der Waals surface area contributed by atoms with Crippen LogP contribution in [0.25, 0.3) is 0 Å². The predicted octanol–water partition coefficient (Wildman–Crippen LogP) is -3.82. The SMILES string of the molecule is CCO[SiH3].NCCNCCC[SiH2][SiH2][SiH3]. The summed E-state index contributed by atoms with van der Waals surface area (Å²) < 4.78 is 4.68. The molecule has 0 rings (SSSR count). The maximum atomic E-state index is 5.33. The average molecular weight is 269 g/mol. The molecule has 0 aliphatic rings. The van der Waals surface area contributed by atoms with Gasteiger partial charge in [0, 0.05) is 28.7 Å². The molecule has 0 spiro atoms. The van der Waals surface area contributed by atoms with E-state index < -0.39 is 0 Å². The van der Waals surface area contributed by atoms with Gasteiger partial charge >= 0.3 is 0 Å². The summed E-state index contributed by atoms with van der Waals surface area (Å²) in [5, 5.41) is 3.32. The van der Waals surface area contributed by atoms with Gasteiger partial charge in [0.15, 0.2) is 0 Å². The third-order valence-electron chi connectivity index (χ3n) is 1.82. The Hall–Kier alpha value is 0.748. The summed E-state index contributed by atoms with van der Waals surface area (Å²) in [6, 6.07) is 1.59. The average Bonchev–Trinajstić information content (AvgIpc) is 2.24. The molecule has 0 aliphatic carbocycles. The Morgan fingerprint density at radius 3 is 2.50 bits per heavy atom. The highest BCUT2D eigenvalue weighted by Gasteiger charge is 1.86. The van der Waals surface area contributed by atoms with Crippen molar-refractivity contribution in [2.75, 3.05) is 26.2 Å². The molecule has 0 fully saturated rings. The van der Waals surface area contributed by atoms with E-state index >= 15 is 0 Å². The van der Waals surface area contributed by atoms with Gasteiger partial charge in [0.2, 0.25) is 0 Å². The molecule has 0 aromatic carbocycles. The molecule has 0 unspecified atom stereocenters. The molecule has 0 heterocycles. The number of nitrogens with one attached hydrogen (secondary N) is 1. The summed E-state index contributed by atoms with van der Waals surface area (Å²) in [5.41, 5.74) is 5.33. The summed E-state index contributed by atoms with van der Waals surface area (Å²) in [7, 11) is 3.58. The van der Waals surface area contributed by atoms with Gasteiger partial charge in [-0.3, -0.25) is 0 Å². The predicted molar refractivity (Wildman–Crippen MR) is 79.9 cm³/mol. The van der Waals surface area contributed by atoms with Crippen molar-refractivity contribution in [2.24, 2.45) is 5.73 Å². The molecular weight excluding hydrogens is 240 g/mol. The zero-order chi connectivity index (χ0) is 11.1. The first kappa shape index (κ1) is 17.2. The monoisotopic (exact) mass is 268 g/mol. The molecule has 0 saturated heterocycles. The zero-order valence-corrected chi connectivity index (χ0v) is 17.0. The smallest absolute Gasteiger partial charge is 0.145 e. The Bertz CT molecular complexity index is 80.1. The number of hydrogen-bond donors (Lipinski definition) is 2. The van der Waals surface area contributed by atoms with Crippen molar-refractivity contribution >= 4 is 37.8 Å². The van der Waals surface area contributed by atoms with Gasteiger partial charge in [-0.05, 0) is 38.2 Å². The summed E-state index contributed by atoms with van der Waals surface area (Å²) >= 11 is 0. The lowest BCUT2D eigenvalue weighted by atomic mass is 10.5. The lowest BCUT2D eigenvalue weighted by molar-refractivity contribution is 0.375. The molecule has 14 heavy (non-hydrogen) atoms. The molecular formula is C7H28N2OSi4. The topological polar surface area (TPSA) is 47.3 Å². The van der Waals surface area contributed by atoms with E-state index in [9.17, 15) is 0 Å². The van der Waals surface area contributed by atoms with Gasteiger partial charge in [-0.2, -0.15) is 0 Å². The Balaban J connectivity index is 0. The minimum absolute atomic E-state index is 0.517. The molecule has 88 valence electrons. The highest BCUT2D eigenvalue weighted by atomic mass is 29.5. The van der Waals surface area contributed by atoms with Crippen LogP contribution in [0, 0.1) is 0 Å². The number of hydrogen-bond acceptors (Lipinski definition) is 3. The molecule has 3 nitrogen and oxygen atoms in total. The molecule has 0 radical (unpaired) electrons. The minimum Gasteiger partial charge on any atom is -0.428 e. The largest absolute Gasteiger partial charge is 0.428 e. The van der Waals surface area contributed by atoms with Crippen LogP contribution >= 0.6 is 0 Å². The van der Waals surface area contributed by atoms with Gasteiger partial charge in [0.05, 0.1) is 0 Å². The minimum atomic E-state index is 0.517. The van der Waals surface area contributed by atoms with Crippen molar-refractivity contribution in [3.05, 3.63) is 0 Å². The quantitative estimate of drug-likeness (QED) is 0.350. The summed E-state index contributed by atoms with van der Waals surface area (Å²) in [4.78, 5) is 0. The fraction of sp³-hybridized carbons (Fsp3) is 1.00. The maximum absolute atomic E-state index is 5.33. The van der Waals surface area contributed by atoms with Crippen LogP contribution in [0.4, 0.5) is 0 Å². The number of rotatable bonds is 8. The molecule has 0 amide bonds. The highest BCUT2D eigenvalue weighted by molar-refractivity contribution is 7.23. The molecule has 0 aromatic rings. The second kappa shape index (κ2) is 19.3. The van der Waals surface area contributed by atoms with Gasteiger partial charge < -0.3 is 15.5 Å². The molecule has 0 aromatic heterocycles. The Morgan fingerprint density at radius 2 is 2.07 bits per heavy atom. The van der Waals surface area contributed by atoms with E-state index in [2.05, 4.69) is 9.74 Å². The van der Waals surface area contributed by atoms with Crippen LogP contribution in [0.5, 0.6) is 0 Å². The first-order chi connectivity index (χ1) is 6.83. The first-order valence-electron chi connectivity index (χ1n) is 5.73. The molecule has 3 N–H and O–H groups in total. The zero-order valence-electron chi connectivity index (χ0n) is 10.1. The van der Waals surface area contributed by atoms with Crippen LogP contribution < -0.4 is 11.1 Å². The van der Waals surface area contributed by atoms with Gasteiger partial charge in [-0.15, -0.1) is 0 Å². The van der Waals surface area contributed by atoms with E-state index in [0.29, 0.717) is 17.6 Å². The van der Waals surface area contributed by atoms with Crippen molar-refractivity contribution in [1.29, 1.82) is 0 Å². The Labute approximate surface area is 99.1 Å². The van der Waals surface area contributed by atoms with Crippen molar-refractivity contribution in [1.82, 2.24) is 5.32 Å². The molecule has 0 aliphatic heterocycles. The van der Waals surface area contributed by atoms with E-state index in [4.69, 9.17) is 5.73 Å². The van der Waals surface area contributed by atoms with Crippen molar-refractivity contribution in [3.8, 4) is 0 Å². The first-order valence-corrected chi connectivity index (χ1v) is 17.2. The van der Waals surface area contributed by atoms with Crippen LogP contribution in [-0.2, 0) is 4.43 Å². The van der Waals surface area contributed by atoms with Crippen LogP contribution in [0.2, 0.25) is 6.04 Å². The second-order valence-electron chi connectivity index (χ2n) is 3.18. The van der Waals surface area contributed by atoms with Crippen LogP contribution in [0.3, 0.4) is 0 Å². The van der Waals surface area contributed by atoms with Gasteiger partial charge in [0.25, 0.3) is 0 Å².